The molecule has 0 bridgehead atoms. The summed E-state index contributed by atoms with van der Waals surface area (Å²) in [4.78, 5) is 0. The van der Waals surface area contributed by atoms with E-state index >= 15 is 0 Å². The first-order valence-electron chi connectivity index (χ1n) is 2.90. The van der Waals surface area contributed by atoms with E-state index in [4.69, 9.17) is 4.74 Å². The van der Waals surface area contributed by atoms with Crippen LogP contribution in [0.5, 0.6) is 0 Å². The van der Waals surface area contributed by atoms with E-state index in [2.05, 4.69) is 6.58 Å². The van der Waals surface area contributed by atoms with E-state index in [9.17, 15) is 0 Å². The summed E-state index contributed by atoms with van der Waals surface area (Å²) in [5.41, 5.74) is -0.109. The normalized spacial score (nSPS) is 11.8. The van der Waals surface area contributed by atoms with Crippen molar-refractivity contribution in [3.8, 4) is 0 Å². The second kappa shape index (κ2) is 3.05. The molecule has 0 fully saturated rings. The molecule has 0 N–H and O–H groups in total. The molecule has 2 heteroatoms. The van der Waals surface area contributed by atoms with Gasteiger partial charge in [0.2, 0.25) is 0 Å². The first-order valence-corrected chi connectivity index (χ1v) is 4.31. The van der Waals surface area contributed by atoms with Crippen LogP contribution in [0, 0.1) is 0 Å². The summed E-state index contributed by atoms with van der Waals surface area (Å²) in [5.74, 6) is 0. The molecule has 48 valence electrons. The molecule has 0 radical (unpaired) electrons. The Balaban J connectivity index is 3.53. The molecular weight excluding hydrogens is 116 g/mol. The van der Waals surface area contributed by atoms with Gasteiger partial charge in [0.15, 0.2) is 0 Å². The minimum absolute atomic E-state index is 0.109. The van der Waals surface area contributed by atoms with Crippen LogP contribution in [0.1, 0.15) is 13.8 Å². The lowest BCUT2D eigenvalue weighted by Crippen LogP contribution is -2.21. The fourth-order valence-electron chi connectivity index (χ4n) is 0.431. The zero-order valence-electron chi connectivity index (χ0n) is 5.90. The first-order chi connectivity index (χ1) is 3.62. The standard InChI is InChI=1S/C6H14OSi/c1-4-6(2,3)7-5-8/h4H,1,5H2,2-3,8H3. The lowest BCUT2D eigenvalue weighted by Gasteiger charge is -2.18. The largest absolute Gasteiger partial charge is 0.376 e. The fourth-order valence-corrected chi connectivity index (χ4v) is 1.17. The molecule has 0 amide bonds. The van der Waals surface area contributed by atoms with Crippen LogP contribution in [0.15, 0.2) is 12.7 Å². The Morgan fingerprint density at radius 3 is 2.38 bits per heavy atom. The molecule has 0 heterocycles. The predicted octanol–water partition coefficient (Wildman–Crippen LogP) is 0.290. The molecule has 0 saturated carbocycles. The zero-order valence-corrected chi connectivity index (χ0v) is 7.90. The fraction of sp³-hybridized carbons (Fsp3) is 0.667. The molecule has 0 aliphatic heterocycles. The maximum atomic E-state index is 5.32. The molecule has 0 spiro atoms. The molecule has 0 atom stereocenters. The second-order valence-corrected chi connectivity index (χ2v) is 2.82. The maximum absolute atomic E-state index is 5.32. The summed E-state index contributed by atoms with van der Waals surface area (Å²) in [5, 5.41) is 0. The monoisotopic (exact) mass is 130 g/mol. The molecule has 0 unspecified atom stereocenters. The maximum Gasteiger partial charge on any atom is 0.0799 e. The molecule has 0 aromatic carbocycles. The average Bonchev–Trinajstić information content (AvgIpc) is 1.67. The summed E-state index contributed by atoms with van der Waals surface area (Å²) >= 11 is 0. The van der Waals surface area contributed by atoms with Gasteiger partial charge in [-0.25, -0.2) is 0 Å². The van der Waals surface area contributed by atoms with Gasteiger partial charge in [0, 0.05) is 16.5 Å². The van der Waals surface area contributed by atoms with Crippen molar-refractivity contribution in [3.05, 3.63) is 12.7 Å². The molecule has 8 heavy (non-hydrogen) atoms. The van der Waals surface area contributed by atoms with Gasteiger partial charge >= 0.3 is 0 Å². The molecule has 0 aliphatic rings. The lowest BCUT2D eigenvalue weighted by atomic mass is 10.1. The highest BCUT2D eigenvalue weighted by molar-refractivity contribution is 6.08. The topological polar surface area (TPSA) is 9.23 Å². The smallest absolute Gasteiger partial charge is 0.0799 e. The highest BCUT2D eigenvalue weighted by Gasteiger charge is 2.09. The molecule has 0 rings (SSSR count). The van der Waals surface area contributed by atoms with Gasteiger partial charge < -0.3 is 4.74 Å². The second-order valence-electron chi connectivity index (χ2n) is 2.24. The van der Waals surface area contributed by atoms with Gasteiger partial charge in [-0.05, 0) is 13.8 Å². The summed E-state index contributed by atoms with van der Waals surface area (Å²) in [6, 6.07) is 0. The van der Waals surface area contributed by atoms with Crippen molar-refractivity contribution in [3.63, 3.8) is 0 Å². The minimum atomic E-state index is -0.109. The Bertz CT molecular complexity index is 78.6. The van der Waals surface area contributed by atoms with E-state index in [1.54, 1.807) is 0 Å². The van der Waals surface area contributed by atoms with Crippen LogP contribution in [0.3, 0.4) is 0 Å². The summed E-state index contributed by atoms with van der Waals surface area (Å²) in [6.45, 7) is 7.67. The van der Waals surface area contributed by atoms with E-state index in [0.29, 0.717) is 0 Å². The SMILES string of the molecule is C=CC(C)(C)OC[SiH3]. The Hall–Kier alpha value is -0.0831. The minimum Gasteiger partial charge on any atom is -0.376 e. The van der Waals surface area contributed by atoms with Gasteiger partial charge in [0.1, 0.15) is 0 Å². The van der Waals surface area contributed by atoms with Crippen molar-refractivity contribution >= 4 is 10.2 Å². The zero-order chi connectivity index (χ0) is 6.62. The Morgan fingerprint density at radius 1 is 1.75 bits per heavy atom. The quantitative estimate of drug-likeness (QED) is 0.394. The molecule has 0 saturated heterocycles. The van der Waals surface area contributed by atoms with Gasteiger partial charge in [0.05, 0.1) is 5.60 Å². The van der Waals surface area contributed by atoms with Crippen LogP contribution in [0.25, 0.3) is 0 Å². The molecular formula is C6H14OSi. The lowest BCUT2D eigenvalue weighted by molar-refractivity contribution is 0.0511. The molecule has 0 aliphatic carbocycles. The number of rotatable bonds is 3. The van der Waals surface area contributed by atoms with Crippen molar-refractivity contribution in [2.24, 2.45) is 0 Å². The third-order valence-corrected chi connectivity index (χ3v) is 1.30. The summed E-state index contributed by atoms with van der Waals surface area (Å²) < 4.78 is 5.32. The van der Waals surface area contributed by atoms with Gasteiger partial charge in [-0.1, -0.05) is 6.08 Å². The molecule has 0 aromatic rings. The van der Waals surface area contributed by atoms with E-state index in [1.165, 1.54) is 0 Å². The molecule has 1 nitrogen and oxygen atoms in total. The van der Waals surface area contributed by atoms with Gasteiger partial charge in [0.25, 0.3) is 0 Å². The first kappa shape index (κ1) is 7.92. The Labute approximate surface area is 54.2 Å². The summed E-state index contributed by atoms with van der Waals surface area (Å²) in [6.07, 6.45) is 2.71. The van der Waals surface area contributed by atoms with E-state index in [-0.39, 0.29) is 5.60 Å². The van der Waals surface area contributed by atoms with Gasteiger partial charge in [-0.2, -0.15) is 0 Å². The van der Waals surface area contributed by atoms with E-state index in [1.807, 2.05) is 19.9 Å². The van der Waals surface area contributed by atoms with Crippen molar-refractivity contribution in [1.29, 1.82) is 0 Å². The third-order valence-electron chi connectivity index (χ3n) is 1.01. The average molecular weight is 130 g/mol. The van der Waals surface area contributed by atoms with Crippen LogP contribution in [0.4, 0.5) is 0 Å². The Morgan fingerprint density at radius 2 is 2.25 bits per heavy atom. The van der Waals surface area contributed by atoms with Gasteiger partial charge in [-0.15, -0.1) is 6.58 Å². The third kappa shape index (κ3) is 2.99. The van der Waals surface area contributed by atoms with E-state index in [0.717, 1.165) is 16.5 Å². The number of ether oxygens (including phenoxy) is 1. The van der Waals surface area contributed by atoms with Crippen molar-refractivity contribution in [2.75, 3.05) is 6.23 Å². The van der Waals surface area contributed by atoms with Crippen LogP contribution < -0.4 is 0 Å². The number of hydrogen-bond acceptors (Lipinski definition) is 1. The van der Waals surface area contributed by atoms with E-state index < -0.39 is 0 Å². The van der Waals surface area contributed by atoms with Crippen LogP contribution in [-0.4, -0.2) is 22.1 Å². The van der Waals surface area contributed by atoms with Crippen molar-refractivity contribution in [1.82, 2.24) is 0 Å². The van der Waals surface area contributed by atoms with Crippen LogP contribution in [-0.2, 0) is 4.74 Å². The number of hydrogen-bond donors (Lipinski definition) is 0. The highest BCUT2D eigenvalue weighted by atomic mass is 28.1. The van der Waals surface area contributed by atoms with Crippen molar-refractivity contribution in [2.45, 2.75) is 19.4 Å². The predicted molar refractivity (Wildman–Crippen MR) is 40.2 cm³/mol. The van der Waals surface area contributed by atoms with Crippen molar-refractivity contribution < 1.29 is 4.74 Å². The van der Waals surface area contributed by atoms with Crippen LogP contribution >= 0.6 is 0 Å². The Kier molecular flexibility index (Phi) is 3.01. The highest BCUT2D eigenvalue weighted by Crippen LogP contribution is 2.07. The summed E-state index contributed by atoms with van der Waals surface area (Å²) in [7, 11) is 1.10. The molecule has 0 aromatic heterocycles. The van der Waals surface area contributed by atoms with Gasteiger partial charge in [-0.3, -0.25) is 0 Å². The van der Waals surface area contributed by atoms with Crippen LogP contribution in [0.2, 0.25) is 0 Å².